The largest absolute Gasteiger partial charge is 0.485 e. The van der Waals surface area contributed by atoms with Gasteiger partial charge in [0.25, 0.3) is 11.1 Å². The van der Waals surface area contributed by atoms with E-state index in [0.29, 0.717) is 29.2 Å². The molecule has 0 fully saturated rings. The van der Waals surface area contributed by atoms with E-state index < -0.39 is 6.10 Å². The number of carbonyl (C=O) groups excluding carboxylic acids is 1. The zero-order valence-electron chi connectivity index (χ0n) is 14.6. The monoisotopic (exact) mass is 383 g/mol. The molecule has 4 rings (SSSR count). The maximum absolute atomic E-state index is 12.3. The van der Waals surface area contributed by atoms with Crippen LogP contribution in [0, 0.1) is 0 Å². The molecule has 1 aromatic heterocycles. The van der Waals surface area contributed by atoms with Gasteiger partial charge in [-0.15, -0.1) is 10.2 Å². The van der Waals surface area contributed by atoms with Crippen LogP contribution in [-0.2, 0) is 4.79 Å². The van der Waals surface area contributed by atoms with Gasteiger partial charge in [0, 0.05) is 12.7 Å². The average molecular weight is 383 g/mol. The molecule has 3 aromatic rings. The second kappa shape index (κ2) is 7.71. The fourth-order valence-corrected chi connectivity index (χ4v) is 3.25. The third-order valence-electron chi connectivity index (χ3n) is 4.04. The number of rotatable bonds is 5. The molecule has 2 heterocycles. The third kappa shape index (κ3) is 3.90. The summed E-state index contributed by atoms with van der Waals surface area (Å²) in [5.41, 5.74) is 0.834. The minimum atomic E-state index is -0.468. The first-order chi connectivity index (χ1) is 13.2. The van der Waals surface area contributed by atoms with Gasteiger partial charge in [0.1, 0.15) is 6.61 Å². The Bertz CT molecular complexity index is 931. The highest BCUT2D eigenvalue weighted by Crippen LogP contribution is 2.35. The number of amides is 1. The summed E-state index contributed by atoms with van der Waals surface area (Å²) >= 11 is 1.19. The number of nitrogens with zero attached hydrogens (tertiary/aromatic N) is 3. The normalized spacial score (nSPS) is 15.4. The first-order valence-corrected chi connectivity index (χ1v) is 9.35. The molecule has 27 heavy (non-hydrogen) atoms. The lowest BCUT2D eigenvalue weighted by Gasteiger charge is -2.23. The van der Waals surface area contributed by atoms with Crippen molar-refractivity contribution in [3.8, 4) is 11.5 Å². The van der Waals surface area contributed by atoms with E-state index in [4.69, 9.17) is 13.9 Å². The van der Waals surface area contributed by atoms with Gasteiger partial charge in [-0.3, -0.25) is 4.79 Å². The zero-order valence-corrected chi connectivity index (χ0v) is 15.4. The van der Waals surface area contributed by atoms with Crippen LogP contribution < -0.4 is 14.4 Å². The van der Waals surface area contributed by atoms with E-state index in [9.17, 15) is 4.79 Å². The number of anilines is 1. The number of carbonyl (C=O) groups is 1. The number of thioether (sulfide) groups is 1. The van der Waals surface area contributed by atoms with Crippen LogP contribution in [0.2, 0.25) is 0 Å². The lowest BCUT2D eigenvalue weighted by molar-refractivity contribution is -0.115. The molecule has 0 bridgehead atoms. The highest BCUT2D eigenvalue weighted by atomic mass is 32.2. The lowest BCUT2D eigenvalue weighted by atomic mass is 10.2. The van der Waals surface area contributed by atoms with E-state index >= 15 is 0 Å². The third-order valence-corrected chi connectivity index (χ3v) is 4.85. The summed E-state index contributed by atoms with van der Waals surface area (Å²) in [4.78, 5) is 13.9. The average Bonchev–Trinajstić information content (AvgIpc) is 3.21. The summed E-state index contributed by atoms with van der Waals surface area (Å²) in [5, 5.41) is 8.34. The van der Waals surface area contributed by atoms with Crippen molar-refractivity contribution in [2.75, 3.05) is 24.3 Å². The van der Waals surface area contributed by atoms with E-state index in [1.807, 2.05) is 54.6 Å². The molecule has 1 aliphatic rings. The Balaban J connectivity index is 1.35. The van der Waals surface area contributed by atoms with Crippen molar-refractivity contribution < 1.29 is 18.7 Å². The van der Waals surface area contributed by atoms with Gasteiger partial charge in [-0.2, -0.15) is 0 Å². The van der Waals surface area contributed by atoms with Crippen molar-refractivity contribution in [1.82, 2.24) is 10.2 Å². The van der Waals surface area contributed by atoms with Gasteiger partial charge in [-0.25, -0.2) is 0 Å². The minimum absolute atomic E-state index is 0.0582. The second-order valence-electron chi connectivity index (χ2n) is 5.85. The van der Waals surface area contributed by atoms with Crippen LogP contribution in [0.5, 0.6) is 11.5 Å². The number of aromatic nitrogens is 2. The summed E-state index contributed by atoms with van der Waals surface area (Å²) in [7, 11) is 1.74. The van der Waals surface area contributed by atoms with Gasteiger partial charge in [-0.05, 0) is 24.3 Å². The van der Waals surface area contributed by atoms with Crippen molar-refractivity contribution in [1.29, 1.82) is 0 Å². The Kier molecular flexibility index (Phi) is 4.97. The summed E-state index contributed by atoms with van der Waals surface area (Å²) < 4.78 is 17.1. The number of hydrogen-bond donors (Lipinski definition) is 0. The summed E-state index contributed by atoms with van der Waals surface area (Å²) in [6.07, 6.45) is -0.468. The number of ether oxygens (including phenoxy) is 2. The maximum Gasteiger partial charge on any atom is 0.277 e. The number of hydrogen-bond acceptors (Lipinski definition) is 7. The molecule has 0 saturated carbocycles. The molecule has 1 aliphatic heterocycles. The van der Waals surface area contributed by atoms with E-state index in [2.05, 4.69) is 10.2 Å². The summed E-state index contributed by atoms with van der Waals surface area (Å²) in [5.74, 6) is 1.80. The van der Waals surface area contributed by atoms with Crippen LogP contribution in [0.1, 0.15) is 12.0 Å². The molecule has 7 nitrogen and oxygen atoms in total. The molecule has 8 heteroatoms. The molecule has 1 amide bonds. The van der Waals surface area contributed by atoms with Crippen LogP contribution >= 0.6 is 11.8 Å². The molecule has 1 atom stereocenters. The standard InChI is InChI=1S/C19H17N3O4S/c1-22(13-7-3-2-4-8-13)17(23)12-27-19-21-20-18(26-19)16-11-24-14-9-5-6-10-15(14)25-16/h2-10,16H,11-12H2,1H3. The fourth-order valence-electron chi connectivity index (χ4n) is 2.57. The van der Waals surface area contributed by atoms with Crippen LogP contribution in [-0.4, -0.2) is 35.5 Å². The van der Waals surface area contributed by atoms with E-state index in [0.717, 1.165) is 5.69 Å². The topological polar surface area (TPSA) is 77.7 Å². The van der Waals surface area contributed by atoms with E-state index in [1.165, 1.54) is 11.8 Å². The van der Waals surface area contributed by atoms with Crippen molar-refractivity contribution in [3.63, 3.8) is 0 Å². The Morgan fingerprint density at radius 2 is 1.85 bits per heavy atom. The lowest BCUT2D eigenvalue weighted by Crippen LogP contribution is -2.27. The van der Waals surface area contributed by atoms with Crippen molar-refractivity contribution >= 4 is 23.4 Å². The van der Waals surface area contributed by atoms with E-state index in [1.54, 1.807) is 11.9 Å². The van der Waals surface area contributed by atoms with Crippen molar-refractivity contribution in [2.45, 2.75) is 11.3 Å². The van der Waals surface area contributed by atoms with Gasteiger partial charge < -0.3 is 18.8 Å². The fraction of sp³-hybridized carbons (Fsp3) is 0.211. The van der Waals surface area contributed by atoms with Gasteiger partial charge >= 0.3 is 0 Å². The molecule has 2 aromatic carbocycles. The maximum atomic E-state index is 12.3. The summed E-state index contributed by atoms with van der Waals surface area (Å²) in [6.45, 7) is 0.291. The molecule has 0 radical (unpaired) electrons. The summed E-state index contributed by atoms with van der Waals surface area (Å²) in [6, 6.07) is 16.9. The van der Waals surface area contributed by atoms with Crippen molar-refractivity contribution in [2.24, 2.45) is 0 Å². The van der Waals surface area contributed by atoms with Crippen LogP contribution in [0.3, 0.4) is 0 Å². The molecule has 138 valence electrons. The van der Waals surface area contributed by atoms with Gasteiger partial charge in [0.15, 0.2) is 11.5 Å². The van der Waals surface area contributed by atoms with Gasteiger partial charge in [-0.1, -0.05) is 42.1 Å². The predicted octanol–water partition coefficient (Wildman–Crippen LogP) is 3.34. The SMILES string of the molecule is CN(C(=O)CSc1nnc(C2COc3ccccc3O2)o1)c1ccccc1. The molecule has 0 saturated heterocycles. The zero-order chi connectivity index (χ0) is 18.6. The Morgan fingerprint density at radius 3 is 2.67 bits per heavy atom. The molecule has 0 N–H and O–H groups in total. The highest BCUT2D eigenvalue weighted by molar-refractivity contribution is 7.99. The second-order valence-corrected chi connectivity index (χ2v) is 6.77. The molecule has 0 aliphatic carbocycles. The van der Waals surface area contributed by atoms with Crippen LogP contribution in [0.15, 0.2) is 64.2 Å². The molecule has 1 unspecified atom stereocenters. The first-order valence-electron chi connectivity index (χ1n) is 8.37. The highest BCUT2D eigenvalue weighted by Gasteiger charge is 2.27. The number of benzene rings is 2. The van der Waals surface area contributed by atoms with Crippen LogP contribution in [0.25, 0.3) is 0 Å². The van der Waals surface area contributed by atoms with E-state index in [-0.39, 0.29) is 11.7 Å². The Morgan fingerprint density at radius 1 is 1.11 bits per heavy atom. The predicted molar refractivity (Wildman–Crippen MR) is 100 cm³/mol. The van der Waals surface area contributed by atoms with Gasteiger partial charge in [0.05, 0.1) is 5.75 Å². The van der Waals surface area contributed by atoms with Crippen molar-refractivity contribution in [3.05, 3.63) is 60.5 Å². The quantitative estimate of drug-likeness (QED) is 0.625. The van der Waals surface area contributed by atoms with Gasteiger partial charge in [0.2, 0.25) is 12.0 Å². The smallest absolute Gasteiger partial charge is 0.277 e. The minimum Gasteiger partial charge on any atom is -0.485 e. The first kappa shape index (κ1) is 17.4. The number of fused-ring (bicyclic) bond motifs is 1. The molecular weight excluding hydrogens is 366 g/mol. The Labute approximate surface area is 160 Å². The van der Waals surface area contributed by atoms with Crippen LogP contribution in [0.4, 0.5) is 5.69 Å². The molecule has 0 spiro atoms. The Hall–Kier alpha value is -3.00. The molecular formula is C19H17N3O4S. The number of para-hydroxylation sites is 3.